The average molecular weight is 348 g/mol. The van der Waals surface area contributed by atoms with Crippen LogP contribution in [0.1, 0.15) is 40.2 Å². The van der Waals surface area contributed by atoms with Crippen molar-refractivity contribution in [1.29, 1.82) is 0 Å². The molecule has 0 aromatic heterocycles. The molecule has 1 aliphatic heterocycles. The molecule has 0 unspecified atom stereocenters. The number of ether oxygens (including phenoxy) is 1. The topological polar surface area (TPSA) is 61.8 Å². The summed E-state index contributed by atoms with van der Waals surface area (Å²) in [6.45, 7) is 11.5. The Kier molecular flexibility index (Phi) is 6.25. The number of aliphatic hydroxyl groups is 1. The van der Waals surface area contributed by atoms with Crippen molar-refractivity contribution in [1.82, 2.24) is 10.2 Å². The number of carbonyl (C=O) groups is 1. The van der Waals surface area contributed by atoms with Crippen LogP contribution in [0.15, 0.2) is 30.3 Å². The van der Waals surface area contributed by atoms with Crippen molar-refractivity contribution in [3.8, 4) is 0 Å². The Labute approximate surface area is 151 Å². The van der Waals surface area contributed by atoms with E-state index in [0.29, 0.717) is 13.2 Å². The van der Waals surface area contributed by atoms with Gasteiger partial charge in [-0.15, -0.1) is 0 Å². The van der Waals surface area contributed by atoms with Crippen LogP contribution in [0.4, 0.5) is 0 Å². The van der Waals surface area contributed by atoms with E-state index in [1.807, 2.05) is 18.2 Å². The molecular formula is C20H32N2O3. The third-order valence-corrected chi connectivity index (χ3v) is 4.92. The number of esters is 1. The minimum atomic E-state index is -0.947. The molecule has 0 aliphatic carbocycles. The molecule has 1 saturated heterocycles. The molecule has 0 bridgehead atoms. The van der Waals surface area contributed by atoms with Crippen LogP contribution in [0.2, 0.25) is 0 Å². The normalized spacial score (nSPS) is 27.4. The number of benzene rings is 1. The second-order valence-corrected chi connectivity index (χ2v) is 8.04. The minimum Gasteiger partial charge on any atom is -0.465 e. The fourth-order valence-corrected chi connectivity index (χ4v) is 3.70. The van der Waals surface area contributed by atoms with Crippen LogP contribution in [0, 0.1) is 5.41 Å². The fourth-order valence-electron chi connectivity index (χ4n) is 3.70. The fraction of sp³-hybridized carbons (Fsp3) is 0.650. The van der Waals surface area contributed by atoms with Crippen molar-refractivity contribution in [2.45, 2.75) is 58.8 Å². The Balaban J connectivity index is 2.32. The molecule has 1 heterocycles. The zero-order chi connectivity index (χ0) is 18.7. The third-order valence-electron chi connectivity index (χ3n) is 4.92. The van der Waals surface area contributed by atoms with Crippen molar-refractivity contribution in [2.75, 3.05) is 19.8 Å². The van der Waals surface area contributed by atoms with Crippen LogP contribution in [-0.2, 0) is 16.1 Å². The number of likely N-dealkylation sites (tertiary alicyclic amines) is 1. The highest BCUT2D eigenvalue weighted by molar-refractivity contribution is 5.79. The first-order valence-electron chi connectivity index (χ1n) is 9.07. The molecule has 0 radical (unpaired) electrons. The summed E-state index contributed by atoms with van der Waals surface area (Å²) in [6.07, 6.45) is 0. The summed E-state index contributed by atoms with van der Waals surface area (Å²) in [7, 11) is 0. The Bertz CT molecular complexity index is 570. The monoisotopic (exact) mass is 348 g/mol. The SMILES string of the molecule is CCOC(=O)[C@@]1(CO)CN(Cc2ccccc2)[C@@H](C)[C@@H]1NC(C)(C)C. The zero-order valence-electron chi connectivity index (χ0n) is 16.1. The van der Waals surface area contributed by atoms with Gasteiger partial charge in [0.2, 0.25) is 0 Å². The summed E-state index contributed by atoms with van der Waals surface area (Å²) in [5.74, 6) is -0.318. The summed E-state index contributed by atoms with van der Waals surface area (Å²) >= 11 is 0. The lowest BCUT2D eigenvalue weighted by atomic mass is 9.80. The molecule has 5 heteroatoms. The van der Waals surface area contributed by atoms with E-state index >= 15 is 0 Å². The van der Waals surface area contributed by atoms with Crippen LogP contribution in [-0.4, -0.2) is 53.4 Å². The van der Waals surface area contributed by atoms with Crippen LogP contribution in [0.25, 0.3) is 0 Å². The second kappa shape index (κ2) is 7.85. The molecule has 1 aliphatic rings. The first-order chi connectivity index (χ1) is 11.7. The highest BCUT2D eigenvalue weighted by atomic mass is 16.5. The largest absolute Gasteiger partial charge is 0.465 e. The van der Waals surface area contributed by atoms with Crippen molar-refractivity contribution < 1.29 is 14.6 Å². The lowest BCUT2D eigenvalue weighted by Gasteiger charge is -2.37. The Hall–Kier alpha value is -1.43. The Morgan fingerprint density at radius 2 is 2.00 bits per heavy atom. The highest BCUT2D eigenvalue weighted by Crippen LogP contribution is 2.38. The summed E-state index contributed by atoms with van der Waals surface area (Å²) in [5, 5.41) is 13.8. The predicted molar refractivity (Wildman–Crippen MR) is 99.1 cm³/mol. The minimum absolute atomic E-state index is 0.0935. The third kappa shape index (κ3) is 4.40. The van der Waals surface area contributed by atoms with Gasteiger partial charge in [0.1, 0.15) is 5.41 Å². The molecule has 1 aromatic rings. The van der Waals surface area contributed by atoms with Gasteiger partial charge >= 0.3 is 5.97 Å². The van der Waals surface area contributed by atoms with Crippen molar-refractivity contribution >= 4 is 5.97 Å². The van der Waals surface area contributed by atoms with E-state index in [2.05, 4.69) is 50.0 Å². The van der Waals surface area contributed by atoms with Gasteiger partial charge in [-0.05, 0) is 40.2 Å². The number of hydrogen-bond acceptors (Lipinski definition) is 5. The summed E-state index contributed by atoms with van der Waals surface area (Å²) < 4.78 is 5.35. The highest BCUT2D eigenvalue weighted by Gasteiger charge is 2.57. The van der Waals surface area contributed by atoms with Gasteiger partial charge in [0.05, 0.1) is 13.2 Å². The molecule has 140 valence electrons. The number of rotatable bonds is 6. The number of carbonyl (C=O) groups excluding carboxylic acids is 1. The van der Waals surface area contributed by atoms with E-state index in [9.17, 15) is 9.90 Å². The van der Waals surface area contributed by atoms with Gasteiger partial charge < -0.3 is 15.2 Å². The van der Waals surface area contributed by atoms with Gasteiger partial charge in [0.15, 0.2) is 0 Å². The first kappa shape index (κ1) is 19.9. The van der Waals surface area contributed by atoms with Crippen LogP contribution in [0.5, 0.6) is 0 Å². The standard InChI is InChI=1S/C20H32N2O3/c1-6-25-18(24)20(14-23)13-22(12-16-10-8-7-9-11-16)15(2)17(20)21-19(3,4)5/h7-11,15,17,21,23H,6,12-14H2,1-5H3/t15-,17-,20+/m0/s1. The van der Waals surface area contributed by atoms with Gasteiger partial charge in [-0.25, -0.2) is 0 Å². The van der Waals surface area contributed by atoms with E-state index in [-0.39, 0.29) is 30.2 Å². The summed E-state index contributed by atoms with van der Waals surface area (Å²) in [6, 6.07) is 10.1. The molecule has 5 nitrogen and oxygen atoms in total. The summed E-state index contributed by atoms with van der Waals surface area (Å²) in [5.41, 5.74) is 0.0768. The van der Waals surface area contributed by atoms with E-state index < -0.39 is 5.41 Å². The van der Waals surface area contributed by atoms with E-state index in [1.165, 1.54) is 5.56 Å². The molecule has 0 saturated carbocycles. The lowest BCUT2D eigenvalue weighted by molar-refractivity contribution is -0.159. The average Bonchev–Trinajstić information content (AvgIpc) is 2.81. The van der Waals surface area contributed by atoms with Crippen molar-refractivity contribution in [3.63, 3.8) is 0 Å². The van der Waals surface area contributed by atoms with Crippen LogP contribution in [0.3, 0.4) is 0 Å². The van der Waals surface area contributed by atoms with Crippen LogP contribution >= 0.6 is 0 Å². The maximum atomic E-state index is 12.8. The van der Waals surface area contributed by atoms with Gasteiger partial charge in [-0.2, -0.15) is 0 Å². The molecule has 1 fully saturated rings. The molecule has 25 heavy (non-hydrogen) atoms. The molecule has 2 rings (SSSR count). The maximum Gasteiger partial charge on any atom is 0.317 e. The number of aliphatic hydroxyl groups excluding tert-OH is 1. The van der Waals surface area contributed by atoms with Gasteiger partial charge in [0, 0.05) is 30.7 Å². The molecular weight excluding hydrogens is 316 g/mol. The number of nitrogens with one attached hydrogen (secondary N) is 1. The molecule has 2 N–H and O–H groups in total. The predicted octanol–water partition coefficient (Wildman–Crippen LogP) is 2.19. The van der Waals surface area contributed by atoms with Gasteiger partial charge in [0.25, 0.3) is 0 Å². The smallest absolute Gasteiger partial charge is 0.317 e. The lowest BCUT2D eigenvalue weighted by Crippen LogP contribution is -2.59. The quantitative estimate of drug-likeness (QED) is 0.772. The van der Waals surface area contributed by atoms with Crippen molar-refractivity contribution in [2.24, 2.45) is 5.41 Å². The Morgan fingerprint density at radius 1 is 1.36 bits per heavy atom. The second-order valence-electron chi connectivity index (χ2n) is 8.04. The van der Waals surface area contributed by atoms with E-state index in [1.54, 1.807) is 6.92 Å². The zero-order valence-corrected chi connectivity index (χ0v) is 16.1. The molecule has 3 atom stereocenters. The molecule has 0 spiro atoms. The summed E-state index contributed by atoms with van der Waals surface area (Å²) in [4.78, 5) is 15.0. The maximum absolute atomic E-state index is 12.8. The number of hydrogen-bond donors (Lipinski definition) is 2. The molecule has 1 aromatic carbocycles. The van der Waals surface area contributed by atoms with E-state index in [0.717, 1.165) is 6.54 Å². The molecule has 0 amide bonds. The van der Waals surface area contributed by atoms with Crippen LogP contribution < -0.4 is 5.32 Å². The van der Waals surface area contributed by atoms with Gasteiger partial charge in [-0.1, -0.05) is 30.3 Å². The van der Waals surface area contributed by atoms with Gasteiger partial charge in [-0.3, -0.25) is 9.69 Å². The Morgan fingerprint density at radius 3 is 2.52 bits per heavy atom. The van der Waals surface area contributed by atoms with E-state index in [4.69, 9.17) is 4.74 Å². The first-order valence-corrected chi connectivity index (χ1v) is 9.07. The van der Waals surface area contributed by atoms with Crippen molar-refractivity contribution in [3.05, 3.63) is 35.9 Å². The number of nitrogens with zero attached hydrogens (tertiary/aromatic N) is 1.